The Kier molecular flexibility index (Phi) is 5.92. The van der Waals surface area contributed by atoms with Crippen LogP contribution in [0.1, 0.15) is 57.6 Å². The molecule has 0 unspecified atom stereocenters. The molecule has 0 aliphatic rings. The van der Waals surface area contributed by atoms with Gasteiger partial charge in [0.15, 0.2) is 0 Å². The van der Waals surface area contributed by atoms with E-state index in [0.717, 1.165) is 5.69 Å². The lowest BCUT2D eigenvalue weighted by Crippen LogP contribution is -2.27. The summed E-state index contributed by atoms with van der Waals surface area (Å²) in [6, 6.07) is 10.3. The highest BCUT2D eigenvalue weighted by molar-refractivity contribution is 6.05. The molecule has 2 N–H and O–H groups in total. The maximum Gasteiger partial charge on any atom is 0.256 e. The van der Waals surface area contributed by atoms with Crippen LogP contribution in [0.2, 0.25) is 0 Å². The molecule has 162 valence electrons. The summed E-state index contributed by atoms with van der Waals surface area (Å²) < 4.78 is 1.52. The number of amides is 2. The minimum absolute atomic E-state index is 0.126. The van der Waals surface area contributed by atoms with E-state index in [2.05, 4.69) is 25.7 Å². The molecule has 0 spiro atoms. The predicted molar refractivity (Wildman–Crippen MR) is 120 cm³/mol. The fourth-order valence-electron chi connectivity index (χ4n) is 2.63. The summed E-state index contributed by atoms with van der Waals surface area (Å²) in [6.07, 6.45) is 3.24. The number of carbonyl (C=O) groups excluding carboxylic acids is 2. The van der Waals surface area contributed by atoms with E-state index in [1.165, 1.54) is 4.68 Å². The van der Waals surface area contributed by atoms with Gasteiger partial charge in [0.2, 0.25) is 5.91 Å². The molecule has 0 radical (unpaired) electrons. The molecule has 2 heterocycles. The van der Waals surface area contributed by atoms with Gasteiger partial charge in [-0.3, -0.25) is 9.59 Å². The van der Waals surface area contributed by atoms with Crippen molar-refractivity contribution >= 4 is 23.3 Å². The average Bonchev–Trinajstić information content (AvgIpc) is 3.12. The van der Waals surface area contributed by atoms with Crippen LogP contribution in [-0.4, -0.2) is 31.6 Å². The van der Waals surface area contributed by atoms with Crippen molar-refractivity contribution in [1.82, 2.24) is 19.7 Å². The Hall–Kier alpha value is -3.55. The Morgan fingerprint density at radius 3 is 2.19 bits per heavy atom. The number of rotatable bonds is 4. The zero-order valence-electron chi connectivity index (χ0n) is 18.7. The van der Waals surface area contributed by atoms with E-state index >= 15 is 0 Å². The molecule has 2 amide bonds. The highest BCUT2D eigenvalue weighted by atomic mass is 16.2. The van der Waals surface area contributed by atoms with Gasteiger partial charge in [0.1, 0.15) is 5.82 Å². The first-order valence-corrected chi connectivity index (χ1v) is 10.1. The fraction of sp³-hybridized carbons (Fsp3) is 0.348. The number of hydrogen-bond acceptors (Lipinski definition) is 5. The number of benzene rings is 1. The second kappa shape index (κ2) is 8.29. The summed E-state index contributed by atoms with van der Waals surface area (Å²) in [6.45, 7) is 11.6. The van der Waals surface area contributed by atoms with Crippen molar-refractivity contribution in [2.45, 2.75) is 47.0 Å². The van der Waals surface area contributed by atoms with Crippen molar-refractivity contribution in [3.05, 3.63) is 60.0 Å². The summed E-state index contributed by atoms with van der Waals surface area (Å²) in [5.74, 6) is 0.369. The van der Waals surface area contributed by atoms with Crippen LogP contribution >= 0.6 is 0 Å². The third-order valence-electron chi connectivity index (χ3n) is 4.52. The van der Waals surface area contributed by atoms with Crippen molar-refractivity contribution < 1.29 is 9.59 Å². The maximum atomic E-state index is 13.0. The van der Waals surface area contributed by atoms with E-state index in [1.807, 2.05) is 47.6 Å². The lowest BCUT2D eigenvalue weighted by molar-refractivity contribution is -0.123. The van der Waals surface area contributed by atoms with E-state index in [4.69, 9.17) is 0 Å². The van der Waals surface area contributed by atoms with Gasteiger partial charge >= 0.3 is 0 Å². The van der Waals surface area contributed by atoms with Gasteiger partial charge in [-0.05, 0) is 24.3 Å². The smallest absolute Gasteiger partial charge is 0.256 e. The molecule has 0 fully saturated rings. The van der Waals surface area contributed by atoms with E-state index in [1.54, 1.807) is 42.7 Å². The van der Waals surface area contributed by atoms with Gasteiger partial charge in [0.25, 0.3) is 11.9 Å². The van der Waals surface area contributed by atoms with Crippen molar-refractivity contribution in [3.63, 3.8) is 0 Å². The molecule has 0 bridgehead atoms. The summed E-state index contributed by atoms with van der Waals surface area (Å²) >= 11 is 0. The third-order valence-corrected chi connectivity index (χ3v) is 4.52. The molecular formula is C23H28N6O2. The Balaban J connectivity index is 1.89. The minimum Gasteiger partial charge on any atom is -0.326 e. The minimum atomic E-state index is -0.538. The van der Waals surface area contributed by atoms with Gasteiger partial charge in [-0.2, -0.15) is 9.78 Å². The van der Waals surface area contributed by atoms with Crippen LogP contribution < -0.4 is 10.6 Å². The highest BCUT2D eigenvalue weighted by Gasteiger charge is 2.23. The Morgan fingerprint density at radius 1 is 0.903 bits per heavy atom. The van der Waals surface area contributed by atoms with Crippen molar-refractivity contribution in [2.75, 3.05) is 10.6 Å². The van der Waals surface area contributed by atoms with Crippen LogP contribution in [0.25, 0.3) is 5.95 Å². The standard InChI is InChI=1S/C23H28N6O2/c1-22(2,3)17-14-18(29(28-17)21-24-11-8-12-25-21)27-19(30)15-9-7-10-16(13-15)26-20(31)23(4,5)6/h7-14H,1-6H3,(H,26,31)(H,27,30). The van der Waals surface area contributed by atoms with E-state index in [0.29, 0.717) is 23.0 Å². The average molecular weight is 421 g/mol. The fourth-order valence-corrected chi connectivity index (χ4v) is 2.63. The monoisotopic (exact) mass is 420 g/mol. The summed E-state index contributed by atoms with van der Waals surface area (Å²) in [7, 11) is 0. The lowest BCUT2D eigenvalue weighted by atomic mass is 9.92. The van der Waals surface area contributed by atoms with Gasteiger partial charge in [0, 0.05) is 40.5 Å². The van der Waals surface area contributed by atoms with Gasteiger partial charge in [-0.15, -0.1) is 0 Å². The van der Waals surface area contributed by atoms with E-state index in [-0.39, 0.29) is 17.2 Å². The SMILES string of the molecule is CC(C)(C)C(=O)Nc1cccc(C(=O)Nc2cc(C(C)(C)C)nn2-c2ncccn2)c1. The number of nitrogens with one attached hydrogen (secondary N) is 2. The van der Waals surface area contributed by atoms with Gasteiger partial charge in [0.05, 0.1) is 5.69 Å². The molecule has 3 rings (SSSR count). The first-order valence-electron chi connectivity index (χ1n) is 10.1. The predicted octanol–water partition coefficient (Wildman–Crippen LogP) is 4.20. The molecular weight excluding hydrogens is 392 g/mol. The molecule has 0 saturated carbocycles. The molecule has 1 aromatic carbocycles. The van der Waals surface area contributed by atoms with Crippen LogP contribution in [0.4, 0.5) is 11.5 Å². The topological polar surface area (TPSA) is 102 Å². The number of nitrogens with zero attached hydrogens (tertiary/aromatic N) is 4. The molecule has 0 atom stereocenters. The zero-order valence-corrected chi connectivity index (χ0v) is 18.7. The van der Waals surface area contributed by atoms with E-state index < -0.39 is 5.41 Å². The number of aromatic nitrogens is 4. The quantitative estimate of drug-likeness (QED) is 0.659. The van der Waals surface area contributed by atoms with Crippen LogP contribution in [0.3, 0.4) is 0 Å². The maximum absolute atomic E-state index is 13.0. The highest BCUT2D eigenvalue weighted by Crippen LogP contribution is 2.26. The summed E-state index contributed by atoms with van der Waals surface area (Å²) in [4.78, 5) is 33.7. The second-order valence-corrected chi connectivity index (χ2v) is 9.36. The van der Waals surface area contributed by atoms with Crippen molar-refractivity contribution in [1.29, 1.82) is 0 Å². The van der Waals surface area contributed by atoms with Crippen LogP contribution in [0, 0.1) is 5.41 Å². The molecule has 3 aromatic rings. The second-order valence-electron chi connectivity index (χ2n) is 9.36. The lowest BCUT2D eigenvalue weighted by Gasteiger charge is -2.18. The molecule has 0 aliphatic carbocycles. The largest absolute Gasteiger partial charge is 0.326 e. The van der Waals surface area contributed by atoms with Crippen LogP contribution in [0.5, 0.6) is 0 Å². The first-order chi connectivity index (χ1) is 14.4. The van der Waals surface area contributed by atoms with Crippen molar-refractivity contribution in [3.8, 4) is 5.95 Å². The van der Waals surface area contributed by atoms with Gasteiger partial charge in [-0.1, -0.05) is 47.6 Å². The summed E-state index contributed by atoms with van der Waals surface area (Å²) in [5.41, 5.74) is 0.996. The number of hydrogen-bond donors (Lipinski definition) is 2. The number of carbonyl (C=O) groups is 2. The zero-order chi connectivity index (χ0) is 22.8. The first kappa shape index (κ1) is 22.1. The van der Waals surface area contributed by atoms with Gasteiger partial charge in [-0.25, -0.2) is 9.97 Å². The van der Waals surface area contributed by atoms with Crippen molar-refractivity contribution in [2.24, 2.45) is 5.41 Å². The normalized spacial score (nSPS) is 11.8. The van der Waals surface area contributed by atoms with Gasteiger partial charge < -0.3 is 10.6 Å². The Labute approximate surface area is 182 Å². The molecule has 0 aliphatic heterocycles. The molecule has 2 aromatic heterocycles. The number of anilines is 2. The molecule has 31 heavy (non-hydrogen) atoms. The molecule has 0 saturated heterocycles. The molecule has 8 nitrogen and oxygen atoms in total. The summed E-state index contributed by atoms with van der Waals surface area (Å²) in [5, 5.41) is 10.3. The third kappa shape index (κ3) is 5.33. The molecule has 8 heteroatoms. The Bertz CT molecular complexity index is 1090. The Morgan fingerprint density at radius 2 is 1.58 bits per heavy atom. The van der Waals surface area contributed by atoms with Crippen LogP contribution in [-0.2, 0) is 10.2 Å². The van der Waals surface area contributed by atoms with E-state index in [9.17, 15) is 9.59 Å². The van der Waals surface area contributed by atoms with Crippen LogP contribution in [0.15, 0.2) is 48.8 Å².